The molecule has 2 aliphatic rings. The smallest absolute Gasteiger partial charge is 0.124 e. The maximum atomic E-state index is 14.7. The van der Waals surface area contributed by atoms with Gasteiger partial charge in [-0.05, 0) is 81.3 Å². The Hall–Kier alpha value is -0.170. The lowest BCUT2D eigenvalue weighted by atomic mass is 9.95. The number of halogens is 2. The van der Waals surface area contributed by atoms with Gasteiger partial charge in [-0.1, -0.05) is 0 Å². The van der Waals surface area contributed by atoms with Crippen LogP contribution < -0.4 is 0 Å². The maximum Gasteiger partial charge on any atom is 0.124 e. The molecule has 5 heteroatoms. The van der Waals surface area contributed by atoms with Gasteiger partial charge < -0.3 is 4.90 Å². The quantitative estimate of drug-likeness (QED) is 0.734. The minimum Gasteiger partial charge on any atom is -0.306 e. The molecule has 1 aromatic heterocycles. The van der Waals surface area contributed by atoms with Gasteiger partial charge in [0.15, 0.2) is 0 Å². The Labute approximate surface area is 134 Å². The van der Waals surface area contributed by atoms with Crippen molar-refractivity contribution in [1.82, 2.24) is 14.7 Å². The second kappa shape index (κ2) is 4.93. The van der Waals surface area contributed by atoms with Crippen LogP contribution in [-0.2, 0) is 0 Å². The summed E-state index contributed by atoms with van der Waals surface area (Å²) < 4.78 is 17.9. The zero-order chi connectivity index (χ0) is 14.7. The number of alkyl halides is 1. The van der Waals surface area contributed by atoms with Gasteiger partial charge in [-0.25, -0.2) is 4.39 Å². The van der Waals surface area contributed by atoms with E-state index in [4.69, 9.17) is 0 Å². The van der Waals surface area contributed by atoms with E-state index in [1.165, 1.54) is 5.69 Å². The van der Waals surface area contributed by atoms with E-state index in [1.54, 1.807) is 0 Å². The Morgan fingerprint density at radius 1 is 1.45 bits per heavy atom. The second-order valence-corrected chi connectivity index (χ2v) is 8.19. The first-order valence-electron chi connectivity index (χ1n) is 7.39. The van der Waals surface area contributed by atoms with Crippen LogP contribution in [0.4, 0.5) is 4.39 Å². The summed E-state index contributed by atoms with van der Waals surface area (Å²) in [6, 6.07) is 2.57. The van der Waals surface area contributed by atoms with E-state index >= 15 is 0 Å². The first-order chi connectivity index (χ1) is 9.31. The molecule has 1 heterocycles. The highest BCUT2D eigenvalue weighted by atomic mass is 127. The summed E-state index contributed by atoms with van der Waals surface area (Å²) in [5.74, 6) is 1.61. The summed E-state index contributed by atoms with van der Waals surface area (Å²) >= 11 is 2.28. The predicted octanol–water partition coefficient (Wildman–Crippen LogP) is 3.46. The molecule has 0 amide bonds. The van der Waals surface area contributed by atoms with E-state index in [0.717, 1.165) is 16.5 Å². The van der Waals surface area contributed by atoms with E-state index < -0.39 is 5.67 Å². The van der Waals surface area contributed by atoms with E-state index in [-0.39, 0.29) is 0 Å². The van der Waals surface area contributed by atoms with E-state index in [2.05, 4.69) is 52.3 Å². The fraction of sp³-hybridized carbons (Fsp3) is 0.800. The summed E-state index contributed by atoms with van der Waals surface area (Å²) in [6.45, 7) is 4.89. The summed E-state index contributed by atoms with van der Waals surface area (Å²) in [5, 5.41) is 4.58. The molecule has 1 unspecified atom stereocenters. The van der Waals surface area contributed by atoms with Gasteiger partial charge in [0, 0.05) is 24.2 Å². The molecule has 0 radical (unpaired) electrons. The van der Waals surface area contributed by atoms with E-state index in [9.17, 15) is 4.39 Å². The van der Waals surface area contributed by atoms with Gasteiger partial charge in [-0.2, -0.15) is 5.10 Å². The Balaban J connectivity index is 1.73. The molecule has 4 atom stereocenters. The van der Waals surface area contributed by atoms with E-state index in [0.29, 0.717) is 30.3 Å². The molecule has 0 N–H and O–H groups in total. The number of aromatic nitrogens is 2. The molecule has 0 aromatic carbocycles. The molecular formula is C15H23FIN3. The topological polar surface area (TPSA) is 21.1 Å². The van der Waals surface area contributed by atoms with Crippen LogP contribution in [0.5, 0.6) is 0 Å². The number of hydrogen-bond donors (Lipinski definition) is 0. The molecule has 0 saturated heterocycles. The third kappa shape index (κ3) is 2.51. The van der Waals surface area contributed by atoms with Crippen LogP contribution in [0.1, 0.15) is 44.3 Å². The molecule has 2 aliphatic carbocycles. The molecule has 0 spiro atoms. The van der Waals surface area contributed by atoms with Gasteiger partial charge in [0.05, 0.1) is 0 Å². The Morgan fingerprint density at radius 3 is 2.55 bits per heavy atom. The first kappa shape index (κ1) is 14.8. The van der Waals surface area contributed by atoms with Crippen LogP contribution in [0.25, 0.3) is 0 Å². The van der Waals surface area contributed by atoms with Gasteiger partial charge in [-0.15, -0.1) is 0 Å². The Bertz CT molecular complexity index is 499. The summed E-state index contributed by atoms with van der Waals surface area (Å²) in [6.07, 6.45) is 1.45. The summed E-state index contributed by atoms with van der Waals surface area (Å²) in [7, 11) is 3.91. The van der Waals surface area contributed by atoms with Gasteiger partial charge in [0.1, 0.15) is 9.37 Å². The van der Waals surface area contributed by atoms with Crippen LogP contribution in [-0.4, -0.2) is 41.0 Å². The van der Waals surface area contributed by atoms with Crippen LogP contribution >= 0.6 is 22.6 Å². The van der Waals surface area contributed by atoms with Gasteiger partial charge >= 0.3 is 0 Å². The Kier molecular flexibility index (Phi) is 3.64. The van der Waals surface area contributed by atoms with Crippen LogP contribution in [0.15, 0.2) is 6.07 Å². The van der Waals surface area contributed by atoms with Crippen LogP contribution in [0, 0.1) is 15.5 Å². The highest BCUT2D eigenvalue weighted by molar-refractivity contribution is 14.1. The number of rotatable bonds is 4. The van der Waals surface area contributed by atoms with Crippen molar-refractivity contribution >= 4 is 22.6 Å². The molecule has 1 aromatic rings. The highest BCUT2D eigenvalue weighted by Crippen LogP contribution is 2.66. The molecule has 2 saturated carbocycles. The number of fused-ring (bicyclic) bond motifs is 1. The lowest BCUT2D eigenvalue weighted by molar-refractivity contribution is 0.107. The van der Waals surface area contributed by atoms with Gasteiger partial charge in [-0.3, -0.25) is 4.68 Å². The zero-order valence-corrected chi connectivity index (χ0v) is 14.8. The average Bonchev–Trinajstić information content (AvgIpc) is 2.68. The van der Waals surface area contributed by atoms with Crippen molar-refractivity contribution in [2.24, 2.45) is 11.8 Å². The third-order valence-corrected chi connectivity index (χ3v) is 5.23. The number of nitrogens with zero attached hydrogens (tertiary/aromatic N) is 3. The standard InChI is InChI=1S/C15H23FIN3/c1-9(2)20-12(5-13(17)18-20)14-10-6-15(16,7-11(10)14)8-19(3)4/h5,9-11,14H,6-8H2,1-4H3/t10-,11+,14+,15?. The van der Waals surface area contributed by atoms with Crippen molar-refractivity contribution < 1.29 is 4.39 Å². The minimum absolute atomic E-state index is 0.381. The molecule has 20 heavy (non-hydrogen) atoms. The fourth-order valence-electron chi connectivity index (χ4n) is 4.10. The first-order valence-corrected chi connectivity index (χ1v) is 8.47. The largest absolute Gasteiger partial charge is 0.306 e. The van der Waals surface area contributed by atoms with Gasteiger partial charge in [0.2, 0.25) is 0 Å². The van der Waals surface area contributed by atoms with E-state index in [1.807, 2.05) is 19.0 Å². The van der Waals surface area contributed by atoms with Crippen molar-refractivity contribution in [2.45, 2.75) is 44.3 Å². The highest BCUT2D eigenvalue weighted by Gasteiger charge is 2.63. The summed E-state index contributed by atoms with van der Waals surface area (Å²) in [4.78, 5) is 1.97. The number of hydrogen-bond acceptors (Lipinski definition) is 2. The van der Waals surface area contributed by atoms with Crippen molar-refractivity contribution in [2.75, 3.05) is 20.6 Å². The van der Waals surface area contributed by atoms with Crippen molar-refractivity contribution in [3.8, 4) is 0 Å². The summed E-state index contributed by atoms with van der Waals surface area (Å²) in [5.41, 5.74) is 0.358. The van der Waals surface area contributed by atoms with Crippen molar-refractivity contribution in [1.29, 1.82) is 0 Å². The molecule has 2 fully saturated rings. The molecule has 0 aliphatic heterocycles. The van der Waals surface area contributed by atoms with Crippen LogP contribution in [0.3, 0.4) is 0 Å². The fourth-order valence-corrected chi connectivity index (χ4v) is 4.66. The molecule has 0 bridgehead atoms. The van der Waals surface area contributed by atoms with Crippen molar-refractivity contribution in [3.05, 3.63) is 15.5 Å². The van der Waals surface area contributed by atoms with Gasteiger partial charge in [0.25, 0.3) is 0 Å². The van der Waals surface area contributed by atoms with Crippen molar-refractivity contribution in [3.63, 3.8) is 0 Å². The second-order valence-electron chi connectivity index (χ2n) is 7.08. The van der Waals surface area contributed by atoms with Crippen LogP contribution in [0.2, 0.25) is 0 Å². The lowest BCUT2D eigenvalue weighted by Gasteiger charge is -2.26. The maximum absolute atomic E-state index is 14.7. The third-order valence-electron chi connectivity index (χ3n) is 4.70. The molecular weight excluding hydrogens is 368 g/mol. The SMILES string of the molecule is CC(C)n1nc(I)cc1[C@H]1[C@@H]2CC(F)(CN(C)C)C[C@@H]21. The lowest BCUT2D eigenvalue weighted by Crippen LogP contribution is -2.35. The normalized spacial score (nSPS) is 35.9. The Morgan fingerprint density at radius 2 is 2.05 bits per heavy atom. The molecule has 112 valence electrons. The monoisotopic (exact) mass is 391 g/mol. The zero-order valence-electron chi connectivity index (χ0n) is 12.6. The minimum atomic E-state index is -0.967. The molecule has 3 rings (SSSR count). The predicted molar refractivity (Wildman–Crippen MR) is 86.7 cm³/mol. The molecule has 3 nitrogen and oxygen atoms in total. The average molecular weight is 391 g/mol.